The zero-order valence-corrected chi connectivity index (χ0v) is 18.9. The van der Waals surface area contributed by atoms with E-state index < -0.39 is 0 Å². The highest BCUT2D eigenvalue weighted by Gasteiger charge is 2.06. The van der Waals surface area contributed by atoms with Crippen LogP contribution in [-0.4, -0.2) is 38.3 Å². The molecule has 1 aromatic carbocycles. The van der Waals surface area contributed by atoms with Crippen LogP contribution < -0.4 is 15.4 Å². The van der Waals surface area contributed by atoms with E-state index in [0.29, 0.717) is 37.4 Å². The molecule has 0 unspecified atom stereocenters. The molecular weight excluding hydrogens is 479 g/mol. The average Bonchev–Trinajstić information content (AvgIpc) is 2.65. The van der Waals surface area contributed by atoms with Crippen LogP contribution in [0.4, 0.5) is 0 Å². The fourth-order valence-corrected chi connectivity index (χ4v) is 2.39. The molecule has 0 atom stereocenters. The number of nitrogens with one attached hydrogen (secondary N) is 2. The quantitative estimate of drug-likeness (QED) is 0.189. The molecule has 0 aliphatic rings. The smallest absolute Gasteiger partial charge is 0.191 e. The zero-order valence-electron chi connectivity index (χ0n) is 15.8. The summed E-state index contributed by atoms with van der Waals surface area (Å²) in [6.07, 6.45) is 1.74. The molecule has 1 heterocycles. The van der Waals surface area contributed by atoms with Gasteiger partial charge >= 0.3 is 0 Å². The van der Waals surface area contributed by atoms with Gasteiger partial charge in [0.1, 0.15) is 17.5 Å². The van der Waals surface area contributed by atoms with Crippen molar-refractivity contribution in [2.75, 3.05) is 27.4 Å². The summed E-state index contributed by atoms with van der Waals surface area (Å²) in [5.74, 6) is 1.55. The predicted molar refractivity (Wildman–Crippen MR) is 120 cm³/mol. The molecule has 0 spiro atoms. The van der Waals surface area contributed by atoms with E-state index in [1.54, 1.807) is 26.4 Å². The topological polar surface area (TPSA) is 67.8 Å². The van der Waals surface area contributed by atoms with E-state index >= 15 is 0 Å². The number of aryl methyl sites for hydroxylation is 1. The van der Waals surface area contributed by atoms with E-state index in [2.05, 4.69) is 32.7 Å². The standard InChI is InChI=1S/C19H25ClN4O2.HI/c1-14-4-6-16(17(10-14)26-9-8-25-3)13-24-19(21-2)23-12-15-5-7-18(20)22-11-15;/h4-7,10-11H,8-9,12-13H2,1-3H3,(H2,21,23,24);1H. The Balaban J connectivity index is 0.00000364. The Labute approximate surface area is 182 Å². The molecule has 2 aromatic rings. The van der Waals surface area contributed by atoms with Crippen LogP contribution in [0.15, 0.2) is 41.5 Å². The maximum atomic E-state index is 5.82. The highest BCUT2D eigenvalue weighted by atomic mass is 127. The van der Waals surface area contributed by atoms with Gasteiger partial charge in [0.25, 0.3) is 0 Å². The number of aromatic nitrogens is 1. The number of nitrogens with zero attached hydrogens (tertiary/aromatic N) is 2. The van der Waals surface area contributed by atoms with E-state index in [1.807, 2.05) is 19.1 Å². The molecule has 2 rings (SSSR count). The second-order valence-electron chi connectivity index (χ2n) is 5.72. The van der Waals surface area contributed by atoms with Gasteiger partial charge in [-0.05, 0) is 30.2 Å². The van der Waals surface area contributed by atoms with Gasteiger partial charge in [0, 0.05) is 39.0 Å². The summed E-state index contributed by atoms with van der Waals surface area (Å²) < 4.78 is 10.9. The molecule has 1 aromatic heterocycles. The number of rotatable bonds is 8. The van der Waals surface area contributed by atoms with Crippen molar-refractivity contribution in [2.45, 2.75) is 20.0 Å². The van der Waals surface area contributed by atoms with Crippen molar-refractivity contribution in [3.63, 3.8) is 0 Å². The molecule has 6 nitrogen and oxygen atoms in total. The van der Waals surface area contributed by atoms with Gasteiger partial charge in [-0.2, -0.15) is 0 Å². The third kappa shape index (κ3) is 8.32. The monoisotopic (exact) mass is 504 g/mol. The van der Waals surface area contributed by atoms with Crippen molar-refractivity contribution in [1.29, 1.82) is 0 Å². The van der Waals surface area contributed by atoms with E-state index in [9.17, 15) is 0 Å². The zero-order chi connectivity index (χ0) is 18.8. The first-order valence-electron chi connectivity index (χ1n) is 8.38. The van der Waals surface area contributed by atoms with Crippen LogP contribution in [0.3, 0.4) is 0 Å². The minimum Gasteiger partial charge on any atom is -0.491 e. The van der Waals surface area contributed by atoms with E-state index in [4.69, 9.17) is 21.1 Å². The largest absolute Gasteiger partial charge is 0.491 e. The highest BCUT2D eigenvalue weighted by molar-refractivity contribution is 14.0. The van der Waals surface area contributed by atoms with Gasteiger partial charge in [0.2, 0.25) is 0 Å². The Kier molecular flexibility index (Phi) is 11.1. The fraction of sp³-hybridized carbons (Fsp3) is 0.368. The summed E-state index contributed by atoms with van der Waals surface area (Å²) in [4.78, 5) is 8.32. The molecule has 0 aliphatic heterocycles. The molecule has 0 fully saturated rings. The van der Waals surface area contributed by atoms with Crippen LogP contribution in [0.25, 0.3) is 0 Å². The van der Waals surface area contributed by atoms with Gasteiger partial charge in [-0.15, -0.1) is 24.0 Å². The number of pyridine rings is 1. The van der Waals surface area contributed by atoms with E-state index in [1.165, 1.54) is 0 Å². The highest BCUT2D eigenvalue weighted by Crippen LogP contribution is 2.20. The number of ether oxygens (including phenoxy) is 2. The Bertz CT molecular complexity index is 726. The van der Waals surface area contributed by atoms with Gasteiger partial charge in [-0.1, -0.05) is 29.8 Å². The van der Waals surface area contributed by atoms with Crippen molar-refractivity contribution < 1.29 is 9.47 Å². The maximum absolute atomic E-state index is 5.82. The third-order valence-electron chi connectivity index (χ3n) is 3.69. The van der Waals surface area contributed by atoms with Gasteiger partial charge < -0.3 is 20.1 Å². The van der Waals surface area contributed by atoms with Crippen LogP contribution in [0, 0.1) is 6.92 Å². The van der Waals surface area contributed by atoms with Crippen molar-refractivity contribution in [3.05, 3.63) is 58.4 Å². The van der Waals surface area contributed by atoms with Crippen molar-refractivity contribution >= 4 is 41.5 Å². The molecule has 8 heteroatoms. The molecular formula is C19H26ClIN4O2. The molecule has 0 radical (unpaired) electrons. The molecule has 0 aliphatic carbocycles. The van der Waals surface area contributed by atoms with Gasteiger partial charge in [0.15, 0.2) is 5.96 Å². The summed E-state index contributed by atoms with van der Waals surface area (Å²) in [6.45, 7) is 4.32. The Morgan fingerprint density at radius 2 is 1.93 bits per heavy atom. The molecule has 27 heavy (non-hydrogen) atoms. The minimum atomic E-state index is 0. The van der Waals surface area contributed by atoms with Crippen LogP contribution in [0.2, 0.25) is 5.15 Å². The summed E-state index contributed by atoms with van der Waals surface area (Å²) in [6, 6.07) is 9.85. The number of methoxy groups -OCH3 is 1. The van der Waals surface area contributed by atoms with Gasteiger partial charge in [-0.25, -0.2) is 4.98 Å². The molecule has 0 amide bonds. The first-order valence-corrected chi connectivity index (χ1v) is 8.76. The summed E-state index contributed by atoms with van der Waals surface area (Å²) in [5.41, 5.74) is 3.23. The Morgan fingerprint density at radius 3 is 2.59 bits per heavy atom. The number of aliphatic imine (C=N–C) groups is 1. The lowest BCUT2D eigenvalue weighted by Crippen LogP contribution is -2.36. The van der Waals surface area contributed by atoms with Crippen molar-refractivity contribution in [3.8, 4) is 5.75 Å². The fourth-order valence-electron chi connectivity index (χ4n) is 2.27. The number of hydrogen-bond acceptors (Lipinski definition) is 4. The number of benzene rings is 1. The molecule has 0 saturated carbocycles. The number of guanidine groups is 1. The second-order valence-corrected chi connectivity index (χ2v) is 6.11. The van der Waals surface area contributed by atoms with Crippen LogP contribution in [0.1, 0.15) is 16.7 Å². The Hall–Kier alpha value is -1.58. The summed E-state index contributed by atoms with van der Waals surface area (Å²) in [7, 11) is 3.40. The van der Waals surface area contributed by atoms with Crippen LogP contribution in [0.5, 0.6) is 5.75 Å². The maximum Gasteiger partial charge on any atom is 0.191 e. The normalized spacial score (nSPS) is 10.9. The SMILES string of the molecule is CN=C(NCc1ccc(Cl)nc1)NCc1ccc(C)cc1OCCOC.I. The summed E-state index contributed by atoms with van der Waals surface area (Å²) in [5, 5.41) is 7.04. The van der Waals surface area contributed by atoms with Gasteiger partial charge in [-0.3, -0.25) is 4.99 Å². The first kappa shape index (κ1) is 23.5. The Morgan fingerprint density at radius 1 is 1.15 bits per heavy atom. The molecule has 2 N–H and O–H groups in total. The second kappa shape index (κ2) is 12.7. The minimum absolute atomic E-state index is 0. The molecule has 0 bridgehead atoms. The lowest BCUT2D eigenvalue weighted by molar-refractivity contribution is 0.145. The first-order chi connectivity index (χ1) is 12.6. The summed E-state index contributed by atoms with van der Waals surface area (Å²) >= 11 is 5.80. The van der Waals surface area contributed by atoms with Crippen LogP contribution >= 0.6 is 35.6 Å². The van der Waals surface area contributed by atoms with Crippen molar-refractivity contribution in [2.24, 2.45) is 4.99 Å². The molecule has 0 saturated heterocycles. The number of hydrogen-bond donors (Lipinski definition) is 2. The predicted octanol–water partition coefficient (Wildman–Crippen LogP) is 3.55. The third-order valence-corrected chi connectivity index (χ3v) is 3.91. The molecule has 148 valence electrons. The lowest BCUT2D eigenvalue weighted by atomic mass is 10.1. The lowest BCUT2D eigenvalue weighted by Gasteiger charge is -2.15. The van der Waals surface area contributed by atoms with Crippen molar-refractivity contribution in [1.82, 2.24) is 15.6 Å². The van der Waals surface area contributed by atoms with E-state index in [0.717, 1.165) is 22.4 Å². The van der Waals surface area contributed by atoms with E-state index in [-0.39, 0.29) is 24.0 Å². The average molecular weight is 505 g/mol. The van der Waals surface area contributed by atoms with Crippen LogP contribution in [-0.2, 0) is 17.8 Å². The number of halogens is 2. The van der Waals surface area contributed by atoms with Gasteiger partial charge in [0.05, 0.1) is 6.61 Å².